The fraction of sp³-hybridized carbons (Fsp3) is 0.455. The van der Waals surface area contributed by atoms with E-state index < -0.39 is 40.7 Å². The zero-order chi connectivity index (χ0) is 15.0. The Morgan fingerprint density at radius 2 is 1.16 bits per heavy atom. The summed E-state index contributed by atoms with van der Waals surface area (Å²) in [4.78, 5) is 0.886. The van der Waals surface area contributed by atoms with Gasteiger partial charge in [-0.1, -0.05) is 0 Å². The molecule has 0 aliphatic carbocycles. The number of nitrogens with zero attached hydrogens (tertiary/aromatic N) is 1. The highest BCUT2D eigenvalue weighted by Crippen LogP contribution is 2.39. The summed E-state index contributed by atoms with van der Waals surface area (Å²) in [6, 6.07) is 0. The maximum absolute atomic E-state index is 13.5. The van der Waals surface area contributed by atoms with Crippen LogP contribution < -0.4 is 4.90 Å². The number of hydrogen-bond donors (Lipinski definition) is 0. The lowest BCUT2D eigenvalue weighted by molar-refractivity contribution is -0.143. The topological polar surface area (TPSA) is 3.24 Å². The molecule has 19 heavy (non-hydrogen) atoms. The monoisotopic (exact) mass is 289 g/mol. The Balaban J connectivity index is 3.66. The van der Waals surface area contributed by atoms with Crippen LogP contribution in [0.4, 0.5) is 36.4 Å². The van der Waals surface area contributed by atoms with Crippen molar-refractivity contribution < 1.29 is 30.7 Å². The summed E-state index contributed by atoms with van der Waals surface area (Å²) in [6.45, 7) is 2.84. The van der Waals surface area contributed by atoms with Crippen molar-refractivity contribution in [2.24, 2.45) is 0 Å². The van der Waals surface area contributed by atoms with Crippen molar-refractivity contribution in [3.8, 4) is 0 Å². The molecule has 1 aromatic rings. The smallest absolute Gasteiger partial charge is 0.367 e. The second-order valence-corrected chi connectivity index (χ2v) is 3.65. The Morgan fingerprint density at radius 1 is 0.789 bits per heavy atom. The Labute approximate surface area is 104 Å². The summed E-state index contributed by atoms with van der Waals surface area (Å²) in [5, 5.41) is 0. The first kappa shape index (κ1) is 15.6. The Morgan fingerprint density at radius 3 is 1.42 bits per heavy atom. The summed E-state index contributed by atoms with van der Waals surface area (Å²) in [5.74, 6) is -8.97. The van der Waals surface area contributed by atoms with Gasteiger partial charge in [-0.2, -0.15) is 13.2 Å². The molecule has 0 unspecified atom stereocenters. The first-order valence-electron chi connectivity index (χ1n) is 5.34. The van der Waals surface area contributed by atoms with Crippen molar-refractivity contribution in [2.45, 2.75) is 20.0 Å². The van der Waals surface area contributed by atoms with Gasteiger partial charge in [0.1, 0.15) is 11.3 Å². The van der Waals surface area contributed by atoms with Gasteiger partial charge in [0, 0.05) is 13.1 Å². The molecule has 0 aliphatic rings. The van der Waals surface area contributed by atoms with Crippen LogP contribution in [0.3, 0.4) is 0 Å². The van der Waals surface area contributed by atoms with Gasteiger partial charge in [-0.3, -0.25) is 0 Å². The van der Waals surface area contributed by atoms with E-state index >= 15 is 0 Å². The van der Waals surface area contributed by atoms with Crippen LogP contribution in [0.2, 0.25) is 0 Å². The summed E-state index contributed by atoms with van der Waals surface area (Å²) < 4.78 is 90.7. The van der Waals surface area contributed by atoms with Gasteiger partial charge in [-0.05, 0) is 13.8 Å². The normalized spacial score (nSPS) is 11.8. The van der Waals surface area contributed by atoms with Crippen molar-refractivity contribution in [1.82, 2.24) is 0 Å². The first-order valence-corrected chi connectivity index (χ1v) is 5.34. The number of anilines is 1. The predicted molar refractivity (Wildman–Crippen MR) is 54.8 cm³/mol. The number of hydrogen-bond acceptors (Lipinski definition) is 1. The van der Waals surface area contributed by atoms with Gasteiger partial charge in [0.15, 0.2) is 23.3 Å². The van der Waals surface area contributed by atoms with Crippen molar-refractivity contribution in [3.63, 3.8) is 0 Å². The van der Waals surface area contributed by atoms with Crippen molar-refractivity contribution in [1.29, 1.82) is 0 Å². The lowest BCUT2D eigenvalue weighted by Gasteiger charge is -2.23. The molecular formula is C11H10F7N. The minimum Gasteiger partial charge on any atom is -0.367 e. The SMILES string of the molecule is CCN(CC)c1c(F)c(F)c(C(F)(F)F)c(F)c1F. The molecule has 1 nitrogen and oxygen atoms in total. The summed E-state index contributed by atoms with van der Waals surface area (Å²) in [6.07, 6.45) is -5.52. The number of rotatable bonds is 3. The fourth-order valence-electron chi connectivity index (χ4n) is 1.69. The van der Waals surface area contributed by atoms with E-state index in [0.717, 1.165) is 4.90 Å². The van der Waals surface area contributed by atoms with Crippen molar-refractivity contribution in [2.75, 3.05) is 18.0 Å². The molecular weight excluding hydrogens is 279 g/mol. The van der Waals surface area contributed by atoms with Crippen LogP contribution >= 0.6 is 0 Å². The number of halogens is 7. The van der Waals surface area contributed by atoms with E-state index in [9.17, 15) is 30.7 Å². The summed E-state index contributed by atoms with van der Waals surface area (Å²) in [5.41, 5.74) is -3.69. The average Bonchev–Trinajstić information content (AvgIpc) is 2.30. The highest BCUT2D eigenvalue weighted by Gasteiger charge is 2.42. The zero-order valence-electron chi connectivity index (χ0n) is 10.0. The summed E-state index contributed by atoms with van der Waals surface area (Å²) in [7, 11) is 0. The largest absolute Gasteiger partial charge is 0.422 e. The summed E-state index contributed by atoms with van der Waals surface area (Å²) >= 11 is 0. The Kier molecular flexibility index (Phi) is 4.32. The molecule has 0 heterocycles. The van der Waals surface area contributed by atoms with E-state index in [1.807, 2.05) is 0 Å². The zero-order valence-corrected chi connectivity index (χ0v) is 10.0. The molecule has 8 heteroatoms. The third-order valence-electron chi connectivity index (χ3n) is 2.60. The van der Waals surface area contributed by atoms with E-state index in [1.165, 1.54) is 13.8 Å². The molecule has 0 N–H and O–H groups in total. The van der Waals surface area contributed by atoms with E-state index in [-0.39, 0.29) is 13.1 Å². The standard InChI is InChI=1S/C11H10F7N/c1-3-19(4-2)10-8(14)6(12)5(11(16,17)18)7(13)9(10)15/h3-4H2,1-2H3. The molecule has 108 valence electrons. The second kappa shape index (κ2) is 5.26. The van der Waals surface area contributed by atoms with Gasteiger partial charge in [0.05, 0.1) is 0 Å². The lowest BCUT2D eigenvalue weighted by atomic mass is 10.1. The molecule has 0 atom stereocenters. The van der Waals surface area contributed by atoms with E-state index in [1.54, 1.807) is 0 Å². The van der Waals surface area contributed by atoms with Gasteiger partial charge < -0.3 is 4.90 Å². The molecule has 0 bridgehead atoms. The molecule has 0 aliphatic heterocycles. The minimum absolute atomic E-state index is 0.0193. The maximum atomic E-state index is 13.5. The lowest BCUT2D eigenvalue weighted by Crippen LogP contribution is -2.27. The molecule has 0 fully saturated rings. The first-order chi connectivity index (χ1) is 8.66. The van der Waals surface area contributed by atoms with Gasteiger partial charge in [-0.25, -0.2) is 17.6 Å². The molecule has 0 saturated carbocycles. The van der Waals surface area contributed by atoms with Crippen LogP contribution in [0, 0.1) is 23.3 Å². The van der Waals surface area contributed by atoms with Gasteiger partial charge >= 0.3 is 6.18 Å². The Hall–Kier alpha value is -1.47. The van der Waals surface area contributed by atoms with Crippen LogP contribution in [0.25, 0.3) is 0 Å². The van der Waals surface area contributed by atoms with E-state index in [2.05, 4.69) is 0 Å². The number of benzene rings is 1. The molecule has 0 radical (unpaired) electrons. The molecule has 1 rings (SSSR count). The van der Waals surface area contributed by atoms with Crippen molar-refractivity contribution >= 4 is 5.69 Å². The van der Waals surface area contributed by atoms with E-state index in [4.69, 9.17) is 0 Å². The molecule has 0 aromatic heterocycles. The van der Waals surface area contributed by atoms with Crippen LogP contribution in [0.1, 0.15) is 19.4 Å². The van der Waals surface area contributed by atoms with Gasteiger partial charge in [0.25, 0.3) is 0 Å². The van der Waals surface area contributed by atoms with Crippen LogP contribution in [0.15, 0.2) is 0 Å². The van der Waals surface area contributed by atoms with Crippen LogP contribution in [0.5, 0.6) is 0 Å². The Bertz CT molecular complexity index is 448. The quantitative estimate of drug-likeness (QED) is 0.598. The number of alkyl halides is 3. The van der Waals surface area contributed by atoms with Gasteiger partial charge in [-0.15, -0.1) is 0 Å². The van der Waals surface area contributed by atoms with Gasteiger partial charge in [0.2, 0.25) is 0 Å². The highest BCUT2D eigenvalue weighted by atomic mass is 19.4. The molecule has 0 spiro atoms. The molecule has 1 aromatic carbocycles. The second-order valence-electron chi connectivity index (χ2n) is 3.65. The van der Waals surface area contributed by atoms with Crippen LogP contribution in [-0.4, -0.2) is 13.1 Å². The fourth-order valence-corrected chi connectivity index (χ4v) is 1.69. The molecule has 0 saturated heterocycles. The predicted octanol–water partition coefficient (Wildman–Crippen LogP) is 4.11. The van der Waals surface area contributed by atoms with E-state index in [0.29, 0.717) is 0 Å². The van der Waals surface area contributed by atoms with Crippen LogP contribution in [-0.2, 0) is 6.18 Å². The average molecular weight is 289 g/mol. The van der Waals surface area contributed by atoms with Crippen molar-refractivity contribution in [3.05, 3.63) is 28.8 Å². The third kappa shape index (κ3) is 2.62. The maximum Gasteiger partial charge on any atom is 0.422 e. The molecule has 0 amide bonds. The minimum atomic E-state index is -5.52. The third-order valence-corrected chi connectivity index (χ3v) is 2.60. The highest BCUT2D eigenvalue weighted by molar-refractivity contribution is 5.52.